The lowest BCUT2D eigenvalue weighted by Gasteiger charge is -2.13. The first kappa shape index (κ1) is 23.2. The van der Waals surface area contributed by atoms with E-state index in [1.165, 1.54) is 24.4 Å². The fourth-order valence-electron chi connectivity index (χ4n) is 2.70. The molecular formula is C21H20I2N2O4S. The Kier molecular flexibility index (Phi) is 8.28. The van der Waals surface area contributed by atoms with Crippen LogP contribution in [0.3, 0.4) is 0 Å². The summed E-state index contributed by atoms with van der Waals surface area (Å²) in [5, 5.41) is 6.27. The van der Waals surface area contributed by atoms with E-state index in [1.54, 1.807) is 0 Å². The Morgan fingerprint density at radius 3 is 2.50 bits per heavy atom. The highest BCUT2D eigenvalue weighted by atomic mass is 127. The van der Waals surface area contributed by atoms with Gasteiger partial charge in [0.2, 0.25) is 0 Å². The summed E-state index contributed by atoms with van der Waals surface area (Å²) in [5.74, 6) is 0.0794. The molecular weight excluding hydrogens is 630 g/mol. The molecule has 0 aliphatic carbocycles. The van der Waals surface area contributed by atoms with Crippen molar-refractivity contribution in [2.75, 3.05) is 19.0 Å². The Morgan fingerprint density at radius 2 is 1.90 bits per heavy atom. The smallest absolute Gasteiger partial charge is 0.343 e. The maximum Gasteiger partial charge on any atom is 0.343 e. The van der Waals surface area contributed by atoms with Gasteiger partial charge >= 0.3 is 5.97 Å². The zero-order chi connectivity index (χ0) is 21.7. The zero-order valence-electron chi connectivity index (χ0n) is 16.3. The average molecular weight is 650 g/mol. The molecule has 1 amide bonds. The number of carbonyl (C=O) groups excluding carboxylic acids is 2. The third-order valence-corrected chi connectivity index (χ3v) is 6.90. The molecule has 9 heteroatoms. The van der Waals surface area contributed by atoms with Gasteiger partial charge in [0, 0.05) is 5.69 Å². The van der Waals surface area contributed by atoms with Crippen LogP contribution in [0, 0.1) is 7.14 Å². The van der Waals surface area contributed by atoms with Gasteiger partial charge in [0.1, 0.15) is 5.75 Å². The number of nitrogens with one attached hydrogen (secondary N) is 2. The lowest BCUT2D eigenvalue weighted by molar-refractivity contribution is -0.142. The first-order valence-corrected chi connectivity index (χ1v) is 12.2. The maximum atomic E-state index is 12.4. The molecule has 1 heterocycles. The van der Waals surface area contributed by atoms with E-state index in [9.17, 15) is 9.59 Å². The lowest BCUT2D eigenvalue weighted by Crippen LogP contribution is -2.30. The third-order valence-electron chi connectivity index (χ3n) is 4.27. The summed E-state index contributed by atoms with van der Waals surface area (Å²) in [6.45, 7) is 1.97. The molecule has 0 saturated carbocycles. The fourth-order valence-corrected chi connectivity index (χ4v) is 5.81. The molecule has 2 aromatic carbocycles. The van der Waals surface area contributed by atoms with Gasteiger partial charge in [0.15, 0.2) is 12.1 Å². The van der Waals surface area contributed by atoms with Crippen molar-refractivity contribution < 1.29 is 19.1 Å². The van der Waals surface area contributed by atoms with Crippen LogP contribution < -0.4 is 15.4 Å². The minimum atomic E-state index is -0.435. The first-order chi connectivity index (χ1) is 14.4. The van der Waals surface area contributed by atoms with E-state index in [0.29, 0.717) is 10.7 Å². The molecule has 0 radical (unpaired) electrons. The van der Waals surface area contributed by atoms with Gasteiger partial charge in [0.25, 0.3) is 5.91 Å². The Morgan fingerprint density at radius 1 is 1.23 bits per heavy atom. The van der Waals surface area contributed by atoms with Crippen LogP contribution in [0.4, 0.5) is 5.69 Å². The molecule has 1 fully saturated rings. The van der Waals surface area contributed by atoms with Crippen LogP contribution in [0.5, 0.6) is 5.75 Å². The number of carbonyl (C=O) groups is 2. The Labute approximate surface area is 206 Å². The van der Waals surface area contributed by atoms with Crippen molar-refractivity contribution in [1.29, 1.82) is 0 Å². The van der Waals surface area contributed by atoms with Gasteiger partial charge in [-0.3, -0.25) is 4.79 Å². The van der Waals surface area contributed by atoms with Crippen LogP contribution in [-0.4, -0.2) is 31.1 Å². The number of methoxy groups -OCH3 is 1. The van der Waals surface area contributed by atoms with E-state index >= 15 is 0 Å². The Hall–Kier alpha value is -1.47. The van der Waals surface area contributed by atoms with E-state index in [-0.39, 0.29) is 18.0 Å². The van der Waals surface area contributed by atoms with Crippen molar-refractivity contribution >= 4 is 80.6 Å². The number of thioether (sulfide) groups is 1. The largest absolute Gasteiger partial charge is 0.480 e. The van der Waals surface area contributed by atoms with Gasteiger partial charge in [-0.1, -0.05) is 30.8 Å². The predicted octanol–water partition coefficient (Wildman–Crippen LogP) is 4.61. The van der Waals surface area contributed by atoms with Gasteiger partial charge in [-0.2, -0.15) is 0 Å². The van der Waals surface area contributed by atoms with E-state index in [1.807, 2.05) is 30.3 Å². The fraction of sp³-hybridized carbons (Fsp3) is 0.238. The van der Waals surface area contributed by atoms with Crippen molar-refractivity contribution in [3.8, 4) is 5.75 Å². The number of rotatable bonds is 7. The summed E-state index contributed by atoms with van der Waals surface area (Å²) in [6, 6.07) is 12.0. The second-order valence-electron chi connectivity index (χ2n) is 6.35. The average Bonchev–Trinajstić information content (AvgIpc) is 3.06. The molecule has 1 aliphatic rings. The van der Waals surface area contributed by atoms with E-state index in [2.05, 4.69) is 79.6 Å². The number of esters is 1. The number of anilines is 1. The van der Waals surface area contributed by atoms with Crippen LogP contribution in [-0.2, 0) is 20.7 Å². The van der Waals surface area contributed by atoms with E-state index < -0.39 is 5.97 Å². The topological polar surface area (TPSA) is 76.7 Å². The molecule has 0 spiro atoms. The highest BCUT2D eigenvalue weighted by Crippen LogP contribution is 2.33. The number of halogens is 2. The molecule has 158 valence electrons. The second-order valence-corrected chi connectivity index (χ2v) is 9.82. The monoisotopic (exact) mass is 650 g/mol. The van der Waals surface area contributed by atoms with Crippen LogP contribution >= 0.6 is 56.9 Å². The van der Waals surface area contributed by atoms with E-state index in [0.717, 1.165) is 24.8 Å². The Balaban J connectivity index is 1.70. The molecule has 2 aromatic rings. The molecule has 30 heavy (non-hydrogen) atoms. The molecule has 0 bridgehead atoms. The van der Waals surface area contributed by atoms with Crippen molar-refractivity contribution in [2.45, 2.75) is 18.8 Å². The van der Waals surface area contributed by atoms with Gasteiger partial charge in [-0.25, -0.2) is 4.79 Å². The molecule has 6 nitrogen and oxygen atoms in total. The summed E-state index contributed by atoms with van der Waals surface area (Å²) in [4.78, 5) is 24.4. The van der Waals surface area contributed by atoms with Crippen molar-refractivity contribution in [3.05, 3.63) is 59.6 Å². The summed E-state index contributed by atoms with van der Waals surface area (Å²) < 4.78 is 11.9. The minimum absolute atomic E-state index is 0.112. The molecule has 1 atom stereocenters. The first-order valence-electron chi connectivity index (χ1n) is 9.13. The second kappa shape index (κ2) is 10.7. The molecule has 3 rings (SSSR count). The van der Waals surface area contributed by atoms with Crippen LogP contribution in [0.2, 0.25) is 0 Å². The van der Waals surface area contributed by atoms with Crippen molar-refractivity contribution in [3.63, 3.8) is 0 Å². The summed E-state index contributed by atoms with van der Waals surface area (Å²) in [5.41, 5.74) is 2.90. The molecule has 1 saturated heterocycles. The van der Waals surface area contributed by atoms with Crippen molar-refractivity contribution in [1.82, 2.24) is 5.32 Å². The van der Waals surface area contributed by atoms with Crippen LogP contribution in [0.15, 0.2) is 41.3 Å². The highest BCUT2D eigenvalue weighted by molar-refractivity contribution is 14.1. The Bertz CT molecular complexity index is 956. The lowest BCUT2D eigenvalue weighted by atomic mass is 10.1. The number of hydrogen-bond acceptors (Lipinski definition) is 6. The summed E-state index contributed by atoms with van der Waals surface area (Å²) >= 11 is 5.76. The predicted molar refractivity (Wildman–Crippen MR) is 136 cm³/mol. The molecule has 0 unspecified atom stereocenters. The number of benzene rings is 2. The van der Waals surface area contributed by atoms with Crippen LogP contribution in [0.1, 0.15) is 18.1 Å². The van der Waals surface area contributed by atoms with Gasteiger partial charge in [0.05, 0.1) is 19.2 Å². The molecule has 0 aromatic heterocycles. The van der Waals surface area contributed by atoms with Gasteiger partial charge in [-0.05, 0) is 93.1 Å². The summed E-state index contributed by atoms with van der Waals surface area (Å²) in [7, 11) is 1.32. The number of amides is 1. The van der Waals surface area contributed by atoms with Crippen LogP contribution in [0.25, 0.3) is 6.08 Å². The molecule has 1 aliphatic heterocycles. The number of hydrogen-bond donors (Lipinski definition) is 2. The van der Waals surface area contributed by atoms with Gasteiger partial charge in [-0.15, -0.1) is 0 Å². The van der Waals surface area contributed by atoms with E-state index in [4.69, 9.17) is 4.74 Å². The minimum Gasteiger partial charge on any atom is -0.480 e. The number of aryl methyl sites for hydroxylation is 1. The zero-order valence-corrected chi connectivity index (χ0v) is 21.5. The normalized spacial score (nSPS) is 17.0. The quantitative estimate of drug-likeness (QED) is 0.259. The molecule has 2 N–H and O–H groups in total. The van der Waals surface area contributed by atoms with Crippen molar-refractivity contribution in [2.24, 2.45) is 0 Å². The third kappa shape index (κ3) is 6.03. The van der Waals surface area contributed by atoms with Gasteiger partial charge < -0.3 is 20.1 Å². The summed E-state index contributed by atoms with van der Waals surface area (Å²) in [6.07, 6.45) is 2.85. The number of ether oxygens (including phenoxy) is 2. The maximum absolute atomic E-state index is 12.4. The standard InChI is InChI=1S/C21H20I2N2O4S/c1-3-12-4-6-14(7-5-12)24-21-25-20(27)17(30-21)10-13-8-15(22)19(16(23)9-13)29-11-18(26)28-2/h4-10,21,24H,3,11H2,1-2H3,(H,25,27)/b17-10-/t21-/m0/s1. The SMILES string of the molecule is CCc1ccc(N[C@H]2NC(=O)/C(=C/c3cc(I)c(OCC(=O)OC)c(I)c3)S2)cc1. The highest BCUT2D eigenvalue weighted by Gasteiger charge is 2.27.